The first kappa shape index (κ1) is 30.7. The van der Waals surface area contributed by atoms with Crippen molar-refractivity contribution >= 4 is 33.1 Å². The number of hydrogen-bond donors (Lipinski definition) is 1. The van der Waals surface area contributed by atoms with Crippen LogP contribution in [0.25, 0.3) is 20.8 Å². The van der Waals surface area contributed by atoms with Gasteiger partial charge in [-0.05, 0) is 91.9 Å². The van der Waals surface area contributed by atoms with Gasteiger partial charge in [-0.3, -0.25) is 19.6 Å². The van der Waals surface area contributed by atoms with Gasteiger partial charge < -0.3 is 10.1 Å². The number of fused-ring (bicyclic) bond motifs is 1. The van der Waals surface area contributed by atoms with Crippen molar-refractivity contribution < 1.29 is 23.1 Å². The lowest BCUT2D eigenvalue weighted by molar-refractivity contribution is -0.133. The normalized spacial score (nSPS) is 13.6. The number of thiophene rings is 1. The zero-order chi connectivity index (χ0) is 31.4. The average molecular weight is 626 g/mol. The van der Waals surface area contributed by atoms with E-state index in [4.69, 9.17) is 4.74 Å². The first-order valence-electron chi connectivity index (χ1n) is 15.2. The first-order valence-corrected chi connectivity index (χ1v) is 16.0. The van der Waals surface area contributed by atoms with Crippen molar-refractivity contribution in [3.8, 4) is 22.1 Å². The topological polar surface area (TPSA) is 81.2 Å². The Morgan fingerprint density at radius 3 is 2.29 bits per heavy atom. The molecule has 0 amide bonds. The molecule has 6 nitrogen and oxygen atoms in total. The Morgan fingerprint density at radius 2 is 1.60 bits per heavy atom. The molecule has 0 atom stereocenters. The predicted octanol–water partition coefficient (Wildman–Crippen LogP) is 7.67. The van der Waals surface area contributed by atoms with Crippen LogP contribution in [0.1, 0.15) is 42.9 Å². The van der Waals surface area contributed by atoms with Crippen molar-refractivity contribution in [3.63, 3.8) is 0 Å². The Hall–Kier alpha value is -4.34. The molecule has 1 aliphatic carbocycles. The van der Waals surface area contributed by atoms with Crippen molar-refractivity contribution in [2.45, 2.75) is 45.4 Å². The molecule has 3 heterocycles. The maximum Gasteiger partial charge on any atom is 0.166 e. The van der Waals surface area contributed by atoms with E-state index in [1.807, 2.05) is 18.3 Å². The molecule has 1 aliphatic rings. The minimum absolute atomic E-state index is 0.0290. The van der Waals surface area contributed by atoms with Crippen LogP contribution in [0, 0.1) is 17.0 Å². The van der Waals surface area contributed by atoms with Gasteiger partial charge in [0.25, 0.3) is 0 Å². The third kappa shape index (κ3) is 7.00. The monoisotopic (exact) mass is 625 g/mol. The highest BCUT2D eigenvalue weighted by Crippen LogP contribution is 2.49. The van der Waals surface area contributed by atoms with E-state index in [1.165, 1.54) is 35.6 Å². The second-order valence-corrected chi connectivity index (χ2v) is 12.5. The van der Waals surface area contributed by atoms with Crippen LogP contribution in [0.4, 0.5) is 8.78 Å². The summed E-state index contributed by atoms with van der Waals surface area (Å²) < 4.78 is 35.3. The molecule has 0 unspecified atom stereocenters. The highest BCUT2D eigenvalue weighted by Gasteiger charge is 2.54. The standard InChI is InChI=1S/C36H33F2N3O3S/c1-2-15-39-16-11-24-5-9-28(41-22-24)32-21-29-35(45-32)31(12-17-40-29)44-30-10-6-25(18-27(30)38)20-34(43)36(13-14-36)33(42)19-23-3-7-26(37)8-4-23/h3-10,12,17-18,21-22,39H,2,11,13-16,19-20H2,1H3. The molecule has 5 aromatic rings. The molecule has 230 valence electrons. The van der Waals surface area contributed by atoms with Crippen molar-refractivity contribution in [1.29, 1.82) is 0 Å². The van der Waals surface area contributed by atoms with Gasteiger partial charge in [0.2, 0.25) is 0 Å². The third-order valence-electron chi connectivity index (χ3n) is 8.15. The summed E-state index contributed by atoms with van der Waals surface area (Å²) in [6, 6.07) is 17.9. The van der Waals surface area contributed by atoms with Crippen LogP contribution in [-0.2, 0) is 28.9 Å². The lowest BCUT2D eigenvalue weighted by Gasteiger charge is -2.14. The number of rotatable bonds is 14. The van der Waals surface area contributed by atoms with Gasteiger partial charge in [-0.1, -0.05) is 31.2 Å². The molecular formula is C36H33F2N3O3S. The van der Waals surface area contributed by atoms with Crippen molar-refractivity contribution in [3.05, 3.63) is 107 Å². The Balaban J connectivity index is 1.12. The Morgan fingerprint density at radius 1 is 0.867 bits per heavy atom. The van der Waals surface area contributed by atoms with E-state index in [9.17, 15) is 14.0 Å². The molecule has 0 saturated heterocycles. The second kappa shape index (κ2) is 13.3. The maximum absolute atomic E-state index is 15.3. The van der Waals surface area contributed by atoms with Gasteiger partial charge in [-0.15, -0.1) is 11.3 Å². The van der Waals surface area contributed by atoms with Crippen LogP contribution in [-0.4, -0.2) is 34.6 Å². The number of nitrogens with one attached hydrogen (secondary N) is 1. The Kier molecular flexibility index (Phi) is 9.09. The summed E-state index contributed by atoms with van der Waals surface area (Å²) in [4.78, 5) is 36.2. The van der Waals surface area contributed by atoms with Crippen LogP contribution in [0.15, 0.2) is 79.1 Å². The summed E-state index contributed by atoms with van der Waals surface area (Å²) in [6.07, 6.45) is 6.50. The summed E-state index contributed by atoms with van der Waals surface area (Å²) in [5.74, 6) is -0.879. The number of Topliss-reactive ketones (excluding diaryl/α,β-unsaturated/α-hetero) is 2. The highest BCUT2D eigenvalue weighted by atomic mass is 32.1. The maximum atomic E-state index is 15.3. The van der Waals surface area contributed by atoms with Gasteiger partial charge >= 0.3 is 0 Å². The molecule has 0 spiro atoms. The number of nitrogens with zero attached hydrogens (tertiary/aromatic N) is 2. The van der Waals surface area contributed by atoms with Gasteiger partial charge in [0, 0.05) is 31.3 Å². The fourth-order valence-corrected chi connectivity index (χ4v) is 6.42. The fraction of sp³-hybridized carbons (Fsp3) is 0.278. The van der Waals surface area contributed by atoms with Crippen molar-refractivity contribution in [2.24, 2.45) is 5.41 Å². The summed E-state index contributed by atoms with van der Waals surface area (Å²) in [5, 5.41) is 3.40. The van der Waals surface area contributed by atoms with E-state index < -0.39 is 11.2 Å². The van der Waals surface area contributed by atoms with Crippen LogP contribution in [0.2, 0.25) is 0 Å². The molecule has 9 heteroatoms. The number of benzene rings is 2. The highest BCUT2D eigenvalue weighted by molar-refractivity contribution is 7.22. The molecule has 0 aliphatic heterocycles. The SMILES string of the molecule is CCCNCCc1ccc(-c2cc3nccc(Oc4ccc(CC(=O)C5(C(=O)Cc6ccc(F)cc6)CC5)cc4F)c3s2)nc1. The van der Waals surface area contributed by atoms with Crippen molar-refractivity contribution in [1.82, 2.24) is 15.3 Å². The Bertz CT molecular complexity index is 1830. The molecular weight excluding hydrogens is 592 g/mol. The zero-order valence-corrected chi connectivity index (χ0v) is 25.8. The minimum Gasteiger partial charge on any atom is -0.453 e. The fourth-order valence-electron chi connectivity index (χ4n) is 5.38. The molecule has 1 saturated carbocycles. The van der Waals surface area contributed by atoms with E-state index in [1.54, 1.807) is 30.5 Å². The van der Waals surface area contributed by atoms with Gasteiger partial charge in [-0.25, -0.2) is 8.78 Å². The minimum atomic E-state index is -1.04. The molecule has 2 aromatic carbocycles. The van der Waals surface area contributed by atoms with Crippen LogP contribution in [0.3, 0.4) is 0 Å². The third-order valence-corrected chi connectivity index (χ3v) is 9.31. The molecule has 6 rings (SSSR count). The molecule has 0 radical (unpaired) electrons. The number of aromatic nitrogens is 2. The number of ether oxygens (including phenoxy) is 1. The summed E-state index contributed by atoms with van der Waals surface area (Å²) >= 11 is 1.48. The quantitative estimate of drug-likeness (QED) is 0.101. The lowest BCUT2D eigenvalue weighted by Crippen LogP contribution is -2.28. The smallest absolute Gasteiger partial charge is 0.166 e. The molecule has 45 heavy (non-hydrogen) atoms. The van der Waals surface area contributed by atoms with E-state index in [-0.39, 0.29) is 36.0 Å². The first-order chi connectivity index (χ1) is 21.8. The van der Waals surface area contributed by atoms with E-state index in [2.05, 4.69) is 28.3 Å². The number of hydrogen-bond acceptors (Lipinski definition) is 7. The van der Waals surface area contributed by atoms with E-state index in [0.717, 1.165) is 52.3 Å². The zero-order valence-electron chi connectivity index (χ0n) is 24.9. The van der Waals surface area contributed by atoms with Gasteiger partial charge in [0.1, 0.15) is 11.6 Å². The average Bonchev–Trinajstić information content (AvgIpc) is 3.75. The van der Waals surface area contributed by atoms with Gasteiger partial charge in [0.05, 0.1) is 26.2 Å². The second-order valence-electron chi connectivity index (χ2n) is 11.5. The summed E-state index contributed by atoms with van der Waals surface area (Å²) in [5.41, 5.74) is 2.82. The van der Waals surface area contributed by atoms with Crippen LogP contribution < -0.4 is 10.1 Å². The summed E-state index contributed by atoms with van der Waals surface area (Å²) in [7, 11) is 0. The Labute approximate surface area is 264 Å². The lowest BCUT2D eigenvalue weighted by atomic mass is 9.88. The van der Waals surface area contributed by atoms with E-state index in [0.29, 0.717) is 29.7 Å². The van der Waals surface area contributed by atoms with Gasteiger partial charge in [-0.2, -0.15) is 0 Å². The van der Waals surface area contributed by atoms with Crippen LogP contribution in [0.5, 0.6) is 11.5 Å². The molecule has 1 N–H and O–H groups in total. The number of pyridine rings is 2. The molecule has 1 fully saturated rings. The van der Waals surface area contributed by atoms with E-state index >= 15 is 4.39 Å². The number of carbonyl (C=O) groups is 2. The molecule has 3 aromatic heterocycles. The number of carbonyl (C=O) groups excluding carboxylic acids is 2. The van der Waals surface area contributed by atoms with Crippen LogP contribution >= 0.6 is 11.3 Å². The van der Waals surface area contributed by atoms with Gasteiger partial charge in [0.15, 0.2) is 23.1 Å². The predicted molar refractivity (Wildman–Crippen MR) is 172 cm³/mol. The summed E-state index contributed by atoms with van der Waals surface area (Å²) in [6.45, 7) is 4.06. The molecule has 0 bridgehead atoms. The van der Waals surface area contributed by atoms with Crippen molar-refractivity contribution in [2.75, 3.05) is 13.1 Å². The number of ketones is 2. The largest absolute Gasteiger partial charge is 0.453 e. The number of halogens is 2.